The van der Waals surface area contributed by atoms with Crippen molar-refractivity contribution in [2.75, 3.05) is 5.32 Å². The van der Waals surface area contributed by atoms with E-state index in [2.05, 4.69) is 25.5 Å². The Balaban J connectivity index is 1.52. The highest BCUT2D eigenvalue weighted by molar-refractivity contribution is 7.13. The molecule has 0 saturated heterocycles. The number of nitrogens with zero attached hydrogens (tertiary/aromatic N) is 4. The molecule has 0 radical (unpaired) electrons. The van der Waals surface area contributed by atoms with Crippen LogP contribution in [0.2, 0.25) is 0 Å². The van der Waals surface area contributed by atoms with E-state index in [1.807, 2.05) is 61.7 Å². The average Bonchev–Trinajstić information content (AvgIpc) is 3.59. The van der Waals surface area contributed by atoms with E-state index in [-0.39, 0.29) is 23.1 Å². The molecule has 1 aromatic carbocycles. The highest BCUT2D eigenvalue weighted by atomic mass is 32.1. The molecule has 0 aliphatic heterocycles. The van der Waals surface area contributed by atoms with Crippen molar-refractivity contribution >= 4 is 23.1 Å². The first kappa shape index (κ1) is 21.5. The average molecular weight is 473 g/mol. The first-order valence-corrected chi connectivity index (χ1v) is 11.4. The van der Waals surface area contributed by atoms with Gasteiger partial charge in [0.2, 0.25) is 5.95 Å². The molecule has 0 unspecified atom stereocenters. The molecule has 4 aromatic heterocycles. The van der Waals surface area contributed by atoms with Crippen LogP contribution in [0.15, 0.2) is 75.4 Å². The van der Waals surface area contributed by atoms with Crippen molar-refractivity contribution in [1.29, 1.82) is 0 Å². The van der Waals surface area contributed by atoms with Gasteiger partial charge in [0.05, 0.1) is 10.6 Å². The molecule has 2 N–H and O–H groups in total. The Morgan fingerprint density at radius 3 is 2.68 bits per heavy atom. The van der Waals surface area contributed by atoms with Crippen LogP contribution in [0.25, 0.3) is 27.8 Å². The summed E-state index contributed by atoms with van der Waals surface area (Å²) < 4.78 is 6.77. The van der Waals surface area contributed by atoms with Crippen LogP contribution in [0.1, 0.15) is 35.9 Å². The summed E-state index contributed by atoms with van der Waals surface area (Å²) >= 11 is 1.51. The van der Waals surface area contributed by atoms with Crippen LogP contribution in [0.3, 0.4) is 0 Å². The normalized spacial score (nSPS) is 11.1. The number of thiophene rings is 1. The summed E-state index contributed by atoms with van der Waals surface area (Å²) in [5, 5.41) is 13.3. The van der Waals surface area contributed by atoms with Crippen molar-refractivity contribution in [2.45, 2.75) is 19.8 Å². The minimum absolute atomic E-state index is 0.0398. The molecular weight excluding hydrogens is 452 g/mol. The summed E-state index contributed by atoms with van der Waals surface area (Å²) in [6, 6.07) is 18.0. The smallest absolute Gasteiger partial charge is 0.279 e. The topological polar surface area (TPSA) is 119 Å². The second kappa shape index (κ2) is 8.91. The number of H-pyrrole nitrogens is 1. The predicted molar refractivity (Wildman–Crippen MR) is 129 cm³/mol. The van der Waals surface area contributed by atoms with Gasteiger partial charge in [-0.2, -0.15) is 9.78 Å². The fourth-order valence-electron chi connectivity index (χ4n) is 3.34. The van der Waals surface area contributed by atoms with Gasteiger partial charge in [-0.1, -0.05) is 55.4 Å². The first-order valence-electron chi connectivity index (χ1n) is 10.6. The van der Waals surface area contributed by atoms with Gasteiger partial charge >= 0.3 is 0 Å². The summed E-state index contributed by atoms with van der Waals surface area (Å²) in [4.78, 5) is 33.4. The number of aromatic nitrogens is 5. The predicted octanol–water partition coefficient (Wildman–Crippen LogP) is 4.71. The minimum atomic E-state index is -0.479. The highest BCUT2D eigenvalue weighted by Gasteiger charge is 2.20. The molecule has 0 saturated carbocycles. The van der Waals surface area contributed by atoms with E-state index in [9.17, 15) is 9.59 Å². The number of nitrogens with one attached hydrogen (secondary N) is 2. The maximum absolute atomic E-state index is 13.0. The molecule has 0 fully saturated rings. The van der Waals surface area contributed by atoms with Crippen LogP contribution >= 0.6 is 11.3 Å². The SMILES string of the molecule is CC(C)c1cc(=O)[nH]c(-n2nc(-c3cccs3)cc2NC(=O)c2cc(-c3ccccc3)on2)n1. The number of rotatable bonds is 6. The van der Waals surface area contributed by atoms with Gasteiger partial charge in [-0.25, -0.2) is 4.98 Å². The molecule has 10 heteroatoms. The molecule has 0 aliphatic carbocycles. The van der Waals surface area contributed by atoms with Crippen LogP contribution in [0.4, 0.5) is 5.82 Å². The Morgan fingerprint density at radius 1 is 1.12 bits per heavy atom. The number of carbonyl (C=O) groups is 1. The molecule has 0 bridgehead atoms. The van der Waals surface area contributed by atoms with Crippen molar-refractivity contribution in [3.63, 3.8) is 0 Å². The molecule has 5 rings (SSSR count). The van der Waals surface area contributed by atoms with Gasteiger partial charge in [-0.15, -0.1) is 11.3 Å². The second-order valence-corrected chi connectivity index (χ2v) is 8.80. The van der Waals surface area contributed by atoms with Gasteiger partial charge in [0.1, 0.15) is 11.5 Å². The van der Waals surface area contributed by atoms with Gasteiger partial charge in [-0.05, 0) is 17.4 Å². The molecule has 4 heterocycles. The van der Waals surface area contributed by atoms with E-state index < -0.39 is 5.91 Å². The van der Waals surface area contributed by atoms with Crippen molar-refractivity contribution < 1.29 is 9.32 Å². The molecule has 0 atom stereocenters. The van der Waals surface area contributed by atoms with Gasteiger partial charge < -0.3 is 9.84 Å². The second-order valence-electron chi connectivity index (χ2n) is 7.85. The lowest BCUT2D eigenvalue weighted by Crippen LogP contribution is -2.19. The van der Waals surface area contributed by atoms with Gasteiger partial charge in [0, 0.05) is 23.8 Å². The molecule has 9 nitrogen and oxygen atoms in total. The number of amides is 1. The molecule has 1 amide bonds. The van der Waals surface area contributed by atoms with E-state index >= 15 is 0 Å². The van der Waals surface area contributed by atoms with Crippen LogP contribution in [0, 0.1) is 0 Å². The van der Waals surface area contributed by atoms with E-state index in [0.29, 0.717) is 23.0 Å². The molecule has 5 aromatic rings. The van der Waals surface area contributed by atoms with Crippen molar-refractivity contribution in [1.82, 2.24) is 24.9 Å². The maximum Gasteiger partial charge on any atom is 0.279 e. The van der Waals surface area contributed by atoms with Crippen molar-refractivity contribution in [3.05, 3.63) is 87.8 Å². The zero-order chi connectivity index (χ0) is 23.7. The van der Waals surface area contributed by atoms with Gasteiger partial charge in [0.15, 0.2) is 11.5 Å². The monoisotopic (exact) mass is 472 g/mol. The molecule has 0 spiro atoms. The third-order valence-corrected chi connectivity index (χ3v) is 5.96. The van der Waals surface area contributed by atoms with Crippen molar-refractivity contribution in [3.8, 4) is 27.8 Å². The molecule has 34 heavy (non-hydrogen) atoms. The van der Waals surface area contributed by atoms with E-state index in [1.165, 1.54) is 22.1 Å². The summed E-state index contributed by atoms with van der Waals surface area (Å²) in [7, 11) is 0. The zero-order valence-corrected chi connectivity index (χ0v) is 19.2. The number of anilines is 1. The molecular formula is C24H20N6O3S. The largest absolute Gasteiger partial charge is 0.355 e. The Hall–Kier alpha value is -4.31. The van der Waals surface area contributed by atoms with Crippen LogP contribution < -0.4 is 10.9 Å². The quantitative estimate of drug-likeness (QED) is 0.369. The number of hydrogen-bond acceptors (Lipinski definition) is 7. The molecule has 170 valence electrons. The lowest BCUT2D eigenvalue weighted by Gasteiger charge is -2.09. The number of carbonyl (C=O) groups excluding carboxylic acids is 1. The van der Waals surface area contributed by atoms with Gasteiger partial charge in [0.25, 0.3) is 11.5 Å². The fraction of sp³-hybridized carbons (Fsp3) is 0.125. The number of hydrogen-bond donors (Lipinski definition) is 2. The first-order chi connectivity index (χ1) is 16.5. The zero-order valence-electron chi connectivity index (χ0n) is 18.4. The summed E-state index contributed by atoms with van der Waals surface area (Å²) in [6.45, 7) is 3.90. The Kier molecular flexibility index (Phi) is 5.64. The highest BCUT2D eigenvalue weighted by Crippen LogP contribution is 2.28. The van der Waals surface area contributed by atoms with Crippen LogP contribution in [-0.2, 0) is 0 Å². The summed E-state index contributed by atoms with van der Waals surface area (Å²) in [6.07, 6.45) is 0. The lowest BCUT2D eigenvalue weighted by atomic mass is 10.1. The standard InChI is InChI=1S/C24H20N6O3S/c1-14(2)16-13-22(31)27-24(25-16)30-21(12-17(28-30)20-9-6-10-34-20)26-23(32)18-11-19(33-29-18)15-7-4-3-5-8-15/h3-14H,1-2H3,(H,26,32)(H,25,27,31). The maximum atomic E-state index is 13.0. The lowest BCUT2D eigenvalue weighted by molar-refractivity contribution is 0.101. The number of benzene rings is 1. The minimum Gasteiger partial charge on any atom is -0.355 e. The number of aromatic amines is 1. The van der Waals surface area contributed by atoms with Crippen LogP contribution in [0.5, 0.6) is 0 Å². The third kappa shape index (κ3) is 4.30. The Bertz CT molecular complexity index is 1500. The van der Waals surface area contributed by atoms with E-state index in [4.69, 9.17) is 4.52 Å². The van der Waals surface area contributed by atoms with Crippen molar-refractivity contribution in [2.24, 2.45) is 0 Å². The Labute approximate surface area is 198 Å². The van der Waals surface area contributed by atoms with Gasteiger partial charge in [-0.3, -0.25) is 14.6 Å². The van der Waals surface area contributed by atoms with E-state index in [0.717, 1.165) is 10.4 Å². The third-order valence-electron chi connectivity index (χ3n) is 5.07. The summed E-state index contributed by atoms with van der Waals surface area (Å²) in [5.41, 5.74) is 1.87. The Morgan fingerprint density at radius 2 is 1.94 bits per heavy atom. The molecule has 0 aliphatic rings. The van der Waals surface area contributed by atoms with E-state index in [1.54, 1.807) is 12.1 Å². The summed E-state index contributed by atoms with van der Waals surface area (Å²) in [5.74, 6) is 0.584. The fourth-order valence-corrected chi connectivity index (χ4v) is 4.02. The van der Waals surface area contributed by atoms with Crippen LogP contribution in [-0.4, -0.2) is 30.8 Å².